The molecule has 2 unspecified atom stereocenters. The van der Waals surface area contributed by atoms with Gasteiger partial charge in [-0.2, -0.15) is 0 Å². The molecule has 2 N–H and O–H groups in total. The van der Waals surface area contributed by atoms with E-state index in [1.54, 1.807) is 24.4 Å². The minimum Gasteiger partial charge on any atom is -0.349 e. The van der Waals surface area contributed by atoms with Gasteiger partial charge in [-0.25, -0.2) is 0 Å². The molecular formula is C24H26N4O4. The first-order chi connectivity index (χ1) is 15.5. The van der Waals surface area contributed by atoms with E-state index in [-0.39, 0.29) is 36.6 Å². The summed E-state index contributed by atoms with van der Waals surface area (Å²) in [5, 5.41) is 6.04. The molecule has 2 aliphatic heterocycles. The maximum Gasteiger partial charge on any atom is 0.259 e. The Labute approximate surface area is 185 Å². The Balaban J connectivity index is 1.48. The number of carbonyl (C=O) groups is 4. The third-order valence-electron chi connectivity index (χ3n) is 7.06. The van der Waals surface area contributed by atoms with Crippen molar-refractivity contribution in [2.45, 2.75) is 64.0 Å². The van der Waals surface area contributed by atoms with Gasteiger partial charge in [-0.1, -0.05) is 19.3 Å². The fraction of sp³-hybridized carbons (Fsp3) is 0.458. The van der Waals surface area contributed by atoms with Crippen LogP contribution in [0.2, 0.25) is 0 Å². The largest absolute Gasteiger partial charge is 0.349 e. The van der Waals surface area contributed by atoms with Gasteiger partial charge >= 0.3 is 0 Å². The minimum atomic E-state index is -0.762. The Bertz CT molecular complexity index is 1140. The van der Waals surface area contributed by atoms with E-state index >= 15 is 0 Å². The van der Waals surface area contributed by atoms with Gasteiger partial charge in [-0.15, -0.1) is 0 Å². The minimum absolute atomic E-state index is 0.0624. The van der Waals surface area contributed by atoms with Crippen LogP contribution >= 0.6 is 0 Å². The van der Waals surface area contributed by atoms with Gasteiger partial charge in [-0.05, 0) is 50.3 Å². The monoisotopic (exact) mass is 434 g/mol. The third-order valence-corrected chi connectivity index (χ3v) is 7.06. The molecule has 5 rings (SSSR count). The van der Waals surface area contributed by atoms with Gasteiger partial charge in [0.2, 0.25) is 11.8 Å². The number of pyridine rings is 1. The summed E-state index contributed by atoms with van der Waals surface area (Å²) < 4.78 is 0. The highest BCUT2D eigenvalue weighted by Gasteiger charge is 2.41. The Hall–Kier alpha value is -3.29. The maximum absolute atomic E-state index is 13.2. The molecule has 3 heterocycles. The van der Waals surface area contributed by atoms with E-state index in [0.29, 0.717) is 33.6 Å². The summed E-state index contributed by atoms with van der Waals surface area (Å²) in [4.78, 5) is 56.2. The van der Waals surface area contributed by atoms with Crippen molar-refractivity contribution in [3.63, 3.8) is 0 Å². The highest BCUT2D eigenvalue weighted by atomic mass is 16.2. The molecule has 1 aromatic carbocycles. The Kier molecular flexibility index (Phi) is 5.15. The second-order valence-corrected chi connectivity index (χ2v) is 9.02. The zero-order valence-corrected chi connectivity index (χ0v) is 18.0. The van der Waals surface area contributed by atoms with Crippen LogP contribution in [0.5, 0.6) is 0 Å². The van der Waals surface area contributed by atoms with Crippen LogP contribution < -0.4 is 15.5 Å². The topological polar surface area (TPSA) is 108 Å². The van der Waals surface area contributed by atoms with E-state index in [9.17, 15) is 19.2 Å². The zero-order valence-electron chi connectivity index (χ0n) is 18.0. The van der Waals surface area contributed by atoms with Crippen LogP contribution in [0.4, 0.5) is 5.69 Å². The van der Waals surface area contributed by atoms with E-state index < -0.39 is 11.9 Å². The summed E-state index contributed by atoms with van der Waals surface area (Å²) in [5.41, 5.74) is 1.85. The van der Waals surface area contributed by atoms with Crippen LogP contribution in [0.3, 0.4) is 0 Å². The van der Waals surface area contributed by atoms with Crippen molar-refractivity contribution in [3.8, 4) is 0 Å². The molecule has 2 fully saturated rings. The van der Waals surface area contributed by atoms with E-state index in [2.05, 4.69) is 22.5 Å². The molecule has 0 spiro atoms. The highest BCUT2D eigenvalue weighted by Crippen LogP contribution is 2.40. The number of hydrogen-bond acceptors (Lipinski definition) is 5. The first-order valence-corrected chi connectivity index (χ1v) is 11.4. The predicted molar refractivity (Wildman–Crippen MR) is 118 cm³/mol. The van der Waals surface area contributed by atoms with Crippen molar-refractivity contribution in [1.29, 1.82) is 0 Å². The molecule has 32 heavy (non-hydrogen) atoms. The molecule has 1 aromatic heterocycles. The molecule has 8 nitrogen and oxygen atoms in total. The van der Waals surface area contributed by atoms with Crippen molar-refractivity contribution in [1.82, 2.24) is 15.6 Å². The first kappa shape index (κ1) is 20.6. The van der Waals surface area contributed by atoms with Crippen molar-refractivity contribution < 1.29 is 19.2 Å². The lowest BCUT2D eigenvalue weighted by Gasteiger charge is -2.30. The number of piperidine rings is 1. The van der Waals surface area contributed by atoms with Gasteiger partial charge in [0.05, 0.1) is 22.3 Å². The van der Waals surface area contributed by atoms with Crippen molar-refractivity contribution in [2.24, 2.45) is 5.92 Å². The molecule has 1 saturated carbocycles. The number of hydrogen-bond donors (Lipinski definition) is 2. The predicted octanol–water partition coefficient (Wildman–Crippen LogP) is 2.70. The lowest BCUT2D eigenvalue weighted by Crippen LogP contribution is -2.53. The number of benzene rings is 1. The normalized spacial score (nSPS) is 22.2. The molecule has 2 aromatic rings. The van der Waals surface area contributed by atoms with Crippen LogP contribution in [0.15, 0.2) is 24.4 Å². The second kappa shape index (κ2) is 8.00. The Morgan fingerprint density at radius 3 is 2.66 bits per heavy atom. The molecule has 0 radical (unpaired) electrons. The number of nitrogens with one attached hydrogen (secondary N) is 2. The van der Waals surface area contributed by atoms with Crippen molar-refractivity contribution >= 4 is 40.2 Å². The lowest BCUT2D eigenvalue weighted by atomic mass is 9.84. The van der Waals surface area contributed by atoms with Crippen LogP contribution in [0.1, 0.15) is 72.6 Å². The van der Waals surface area contributed by atoms with Gasteiger partial charge in [0.15, 0.2) is 0 Å². The average Bonchev–Trinajstić information content (AvgIpc) is 3.08. The molecule has 4 amide bonds. The molecule has 2 atom stereocenters. The number of imide groups is 1. The standard InChI is InChI=1S/C24H26N4O4/c1-13(14-5-3-2-4-6-14)26-22(30)16-8-7-15-20-17(11-12-25-21(16)20)28(24(15)32)18-9-10-19(29)27-23(18)31/h7-8,11-14,18H,2-6,9-10H2,1H3,(H,26,30)(H,27,29,31). The average molecular weight is 434 g/mol. The molecule has 1 saturated heterocycles. The smallest absolute Gasteiger partial charge is 0.259 e. The number of nitrogens with zero attached hydrogens (tertiary/aromatic N) is 2. The second-order valence-electron chi connectivity index (χ2n) is 9.02. The van der Waals surface area contributed by atoms with Gasteiger partial charge in [0, 0.05) is 24.0 Å². The third kappa shape index (κ3) is 3.34. The maximum atomic E-state index is 13.2. The Morgan fingerprint density at radius 2 is 1.91 bits per heavy atom. The van der Waals surface area contributed by atoms with Crippen LogP contribution in [0, 0.1) is 5.92 Å². The fourth-order valence-electron chi connectivity index (χ4n) is 5.33. The number of rotatable bonds is 4. The molecule has 3 aliphatic rings. The number of carbonyl (C=O) groups excluding carboxylic acids is 4. The van der Waals surface area contributed by atoms with E-state index in [4.69, 9.17) is 0 Å². The highest BCUT2D eigenvalue weighted by molar-refractivity contribution is 6.28. The lowest BCUT2D eigenvalue weighted by molar-refractivity contribution is -0.134. The molecular weight excluding hydrogens is 408 g/mol. The number of anilines is 1. The summed E-state index contributed by atoms with van der Waals surface area (Å²) >= 11 is 0. The fourth-order valence-corrected chi connectivity index (χ4v) is 5.33. The number of aromatic nitrogens is 1. The van der Waals surface area contributed by atoms with Gasteiger partial charge in [0.1, 0.15) is 6.04 Å². The van der Waals surface area contributed by atoms with Gasteiger partial charge in [0.25, 0.3) is 11.8 Å². The summed E-state index contributed by atoms with van der Waals surface area (Å²) in [6, 6.07) is 4.27. The first-order valence-electron chi connectivity index (χ1n) is 11.4. The molecule has 0 bridgehead atoms. The zero-order chi connectivity index (χ0) is 22.4. The summed E-state index contributed by atoms with van der Waals surface area (Å²) in [6.45, 7) is 2.05. The summed E-state index contributed by atoms with van der Waals surface area (Å²) in [6.07, 6.45) is 7.90. The number of amides is 4. The SMILES string of the molecule is CC(NC(=O)c1ccc2c3c(ccnc13)N(C1CCC(=O)NC1=O)C2=O)C1CCCCC1. The molecule has 166 valence electrons. The van der Waals surface area contributed by atoms with Crippen molar-refractivity contribution in [3.05, 3.63) is 35.5 Å². The Morgan fingerprint density at radius 1 is 1.12 bits per heavy atom. The molecule has 1 aliphatic carbocycles. The van der Waals surface area contributed by atoms with E-state index in [0.717, 1.165) is 12.8 Å². The summed E-state index contributed by atoms with van der Waals surface area (Å²) in [5.74, 6) is -0.851. The van der Waals surface area contributed by atoms with E-state index in [1.807, 2.05) is 0 Å². The van der Waals surface area contributed by atoms with E-state index in [1.165, 1.54) is 24.2 Å². The van der Waals surface area contributed by atoms with Gasteiger partial charge < -0.3 is 5.32 Å². The molecule has 8 heteroatoms. The summed E-state index contributed by atoms with van der Waals surface area (Å²) in [7, 11) is 0. The van der Waals surface area contributed by atoms with Crippen molar-refractivity contribution in [2.75, 3.05) is 4.90 Å². The quantitative estimate of drug-likeness (QED) is 0.720. The van der Waals surface area contributed by atoms with Crippen LogP contribution in [-0.2, 0) is 9.59 Å². The van der Waals surface area contributed by atoms with Crippen LogP contribution in [-0.4, -0.2) is 40.7 Å². The van der Waals surface area contributed by atoms with Gasteiger partial charge in [-0.3, -0.25) is 34.4 Å². The van der Waals surface area contributed by atoms with Crippen LogP contribution in [0.25, 0.3) is 10.9 Å².